The fourth-order valence-electron chi connectivity index (χ4n) is 2.58. The fourth-order valence-corrected chi connectivity index (χ4v) is 2.58. The maximum atomic E-state index is 11.9. The van der Waals surface area contributed by atoms with Gasteiger partial charge in [-0.25, -0.2) is 0 Å². The molecule has 0 aromatic heterocycles. The van der Waals surface area contributed by atoms with Crippen LogP contribution in [0.5, 0.6) is 0 Å². The van der Waals surface area contributed by atoms with Crippen molar-refractivity contribution in [3.8, 4) is 0 Å². The number of rotatable bonds is 7. The van der Waals surface area contributed by atoms with Gasteiger partial charge < -0.3 is 16.0 Å². The number of nitrogens with one attached hydrogen (secondary N) is 3. The molecule has 1 aromatic carbocycles. The van der Waals surface area contributed by atoms with Crippen molar-refractivity contribution in [3.05, 3.63) is 35.4 Å². The third-order valence-electron chi connectivity index (χ3n) is 3.93. The number of halogens is 1. The van der Waals surface area contributed by atoms with Crippen LogP contribution >= 0.6 is 12.4 Å². The zero-order chi connectivity index (χ0) is 15.8. The van der Waals surface area contributed by atoms with E-state index in [0.717, 1.165) is 18.5 Å². The van der Waals surface area contributed by atoms with Gasteiger partial charge in [0, 0.05) is 31.1 Å². The lowest BCUT2D eigenvalue weighted by molar-refractivity contribution is -0.121. The van der Waals surface area contributed by atoms with Crippen LogP contribution < -0.4 is 16.0 Å². The number of hydrogen-bond acceptors (Lipinski definition) is 3. The van der Waals surface area contributed by atoms with Gasteiger partial charge in [-0.2, -0.15) is 0 Å². The zero-order valence-electron chi connectivity index (χ0n) is 13.6. The Kier molecular flexibility index (Phi) is 8.66. The van der Waals surface area contributed by atoms with E-state index >= 15 is 0 Å². The number of benzene rings is 1. The van der Waals surface area contributed by atoms with E-state index in [0.29, 0.717) is 31.1 Å². The van der Waals surface area contributed by atoms with Crippen molar-refractivity contribution < 1.29 is 9.59 Å². The van der Waals surface area contributed by atoms with Crippen LogP contribution in [0.1, 0.15) is 41.6 Å². The summed E-state index contributed by atoms with van der Waals surface area (Å²) in [5, 5.41) is 9.03. The molecule has 5 nitrogen and oxygen atoms in total. The van der Waals surface area contributed by atoms with E-state index in [9.17, 15) is 9.59 Å². The maximum absolute atomic E-state index is 11.9. The molecule has 1 unspecified atom stereocenters. The predicted molar refractivity (Wildman–Crippen MR) is 94.0 cm³/mol. The van der Waals surface area contributed by atoms with Gasteiger partial charge in [0.05, 0.1) is 0 Å². The molecule has 6 heteroatoms. The molecular weight excluding hydrogens is 314 g/mol. The molecule has 2 amide bonds. The molecule has 1 fully saturated rings. The summed E-state index contributed by atoms with van der Waals surface area (Å²) in [5.41, 5.74) is 1.77. The lowest BCUT2D eigenvalue weighted by Gasteiger charge is -2.10. The molecule has 1 aromatic rings. The molecular formula is C17H26ClN3O2. The molecule has 0 bridgehead atoms. The molecule has 0 aliphatic carbocycles. The summed E-state index contributed by atoms with van der Waals surface area (Å²) in [7, 11) is 0. The number of carbonyl (C=O) groups is 2. The molecule has 128 valence electrons. The normalized spacial score (nSPS) is 16.5. The second-order valence-corrected chi connectivity index (χ2v) is 5.80. The minimum atomic E-state index is -0.107. The third-order valence-corrected chi connectivity index (χ3v) is 3.93. The highest BCUT2D eigenvalue weighted by Gasteiger charge is 2.14. The Morgan fingerprint density at radius 3 is 2.52 bits per heavy atom. The van der Waals surface area contributed by atoms with Crippen LogP contribution in [0.4, 0.5) is 0 Å². The van der Waals surface area contributed by atoms with E-state index in [1.807, 2.05) is 19.1 Å². The molecule has 1 aliphatic heterocycles. The summed E-state index contributed by atoms with van der Waals surface area (Å²) in [6.07, 6.45) is 3.81. The summed E-state index contributed by atoms with van der Waals surface area (Å²) in [4.78, 5) is 23.6. The smallest absolute Gasteiger partial charge is 0.251 e. The topological polar surface area (TPSA) is 70.2 Å². The van der Waals surface area contributed by atoms with Crippen LogP contribution in [0.15, 0.2) is 24.3 Å². The monoisotopic (exact) mass is 339 g/mol. The molecule has 3 N–H and O–H groups in total. The van der Waals surface area contributed by atoms with Gasteiger partial charge in [0.1, 0.15) is 0 Å². The van der Waals surface area contributed by atoms with Crippen molar-refractivity contribution in [1.82, 2.24) is 16.0 Å². The second kappa shape index (κ2) is 10.2. The van der Waals surface area contributed by atoms with E-state index in [2.05, 4.69) is 16.0 Å². The lowest BCUT2D eigenvalue weighted by atomic mass is 10.1. The van der Waals surface area contributed by atoms with Crippen LogP contribution in [0.25, 0.3) is 0 Å². The quantitative estimate of drug-likeness (QED) is 0.663. The highest BCUT2D eigenvalue weighted by molar-refractivity contribution is 5.94. The van der Waals surface area contributed by atoms with Gasteiger partial charge in [-0.05, 0) is 44.9 Å². The van der Waals surface area contributed by atoms with E-state index < -0.39 is 0 Å². The summed E-state index contributed by atoms with van der Waals surface area (Å²) in [6.45, 7) is 3.96. The van der Waals surface area contributed by atoms with Crippen molar-refractivity contribution >= 4 is 24.2 Å². The van der Waals surface area contributed by atoms with Gasteiger partial charge in [0.25, 0.3) is 5.91 Å². The van der Waals surface area contributed by atoms with E-state index in [4.69, 9.17) is 0 Å². The SMILES string of the molecule is Cc1ccc(C(=O)NCCNC(=O)CCC2CCCN2)cc1.Cl. The van der Waals surface area contributed by atoms with E-state index in [1.54, 1.807) is 12.1 Å². The molecule has 0 radical (unpaired) electrons. The van der Waals surface area contributed by atoms with Crippen LogP contribution in [-0.4, -0.2) is 37.5 Å². The second-order valence-electron chi connectivity index (χ2n) is 5.80. The summed E-state index contributed by atoms with van der Waals surface area (Å²) >= 11 is 0. The minimum absolute atomic E-state index is 0. The Morgan fingerprint density at radius 1 is 1.17 bits per heavy atom. The standard InChI is InChI=1S/C17H25N3O2.ClH/c1-13-4-6-14(7-5-13)17(22)20-12-11-19-16(21)9-8-15-3-2-10-18-15;/h4-7,15,18H,2-3,8-12H2,1H3,(H,19,21)(H,20,22);1H. The number of hydrogen-bond donors (Lipinski definition) is 3. The van der Waals surface area contributed by atoms with Crippen LogP contribution in [-0.2, 0) is 4.79 Å². The molecule has 0 saturated carbocycles. The first-order valence-corrected chi connectivity index (χ1v) is 8.00. The fraction of sp³-hybridized carbons (Fsp3) is 0.529. The summed E-state index contributed by atoms with van der Waals surface area (Å²) < 4.78 is 0. The third kappa shape index (κ3) is 7.01. The number of carbonyl (C=O) groups excluding carboxylic acids is 2. The van der Waals surface area contributed by atoms with E-state index in [1.165, 1.54) is 12.8 Å². The predicted octanol–water partition coefficient (Wildman–Crippen LogP) is 1.80. The Bertz CT molecular complexity index is 499. The molecule has 1 aliphatic rings. The van der Waals surface area contributed by atoms with Crippen molar-refractivity contribution in [3.63, 3.8) is 0 Å². The molecule has 0 spiro atoms. The van der Waals surface area contributed by atoms with E-state index in [-0.39, 0.29) is 24.2 Å². The van der Waals surface area contributed by atoms with Gasteiger partial charge >= 0.3 is 0 Å². The largest absolute Gasteiger partial charge is 0.354 e. The first kappa shape index (κ1) is 19.5. The van der Waals surface area contributed by atoms with Gasteiger partial charge in [-0.3, -0.25) is 9.59 Å². The van der Waals surface area contributed by atoms with Crippen molar-refractivity contribution in [1.29, 1.82) is 0 Å². The highest BCUT2D eigenvalue weighted by Crippen LogP contribution is 2.10. The average molecular weight is 340 g/mol. The van der Waals surface area contributed by atoms with Crippen LogP contribution in [0.2, 0.25) is 0 Å². The Labute approximate surface area is 144 Å². The highest BCUT2D eigenvalue weighted by atomic mass is 35.5. The molecule has 2 rings (SSSR count). The number of amides is 2. The Morgan fingerprint density at radius 2 is 1.87 bits per heavy atom. The lowest BCUT2D eigenvalue weighted by Crippen LogP contribution is -2.35. The van der Waals surface area contributed by atoms with Gasteiger partial charge in [0.15, 0.2) is 0 Å². The Hall–Kier alpha value is -1.59. The molecule has 23 heavy (non-hydrogen) atoms. The maximum Gasteiger partial charge on any atom is 0.251 e. The molecule has 1 atom stereocenters. The summed E-state index contributed by atoms with van der Waals surface area (Å²) in [6, 6.07) is 7.92. The van der Waals surface area contributed by atoms with Crippen molar-refractivity contribution in [2.24, 2.45) is 0 Å². The zero-order valence-corrected chi connectivity index (χ0v) is 14.4. The molecule has 1 saturated heterocycles. The van der Waals surface area contributed by atoms with Gasteiger partial charge in [-0.1, -0.05) is 17.7 Å². The molecule has 1 heterocycles. The van der Waals surface area contributed by atoms with Crippen molar-refractivity contribution in [2.45, 2.75) is 38.6 Å². The van der Waals surface area contributed by atoms with Gasteiger partial charge in [0.2, 0.25) is 5.91 Å². The van der Waals surface area contributed by atoms with Gasteiger partial charge in [-0.15, -0.1) is 12.4 Å². The van der Waals surface area contributed by atoms with Crippen molar-refractivity contribution in [2.75, 3.05) is 19.6 Å². The minimum Gasteiger partial charge on any atom is -0.354 e. The van der Waals surface area contributed by atoms with Crippen LogP contribution in [0.3, 0.4) is 0 Å². The first-order valence-electron chi connectivity index (χ1n) is 8.00. The Balaban J connectivity index is 0.00000264. The van der Waals surface area contributed by atoms with Crippen LogP contribution in [0, 0.1) is 6.92 Å². The first-order chi connectivity index (χ1) is 10.6. The number of aryl methyl sites for hydroxylation is 1. The average Bonchev–Trinajstić information content (AvgIpc) is 3.03. The summed E-state index contributed by atoms with van der Waals surface area (Å²) in [5.74, 6) is -0.0531.